The summed E-state index contributed by atoms with van der Waals surface area (Å²) in [7, 11) is 0. The van der Waals surface area contributed by atoms with E-state index in [2.05, 4.69) is 0 Å². The number of hydrogen-bond acceptors (Lipinski definition) is 4. The van der Waals surface area contributed by atoms with E-state index in [1.807, 2.05) is 6.92 Å². The number of carbonyl (C=O) groups excluding carboxylic acids is 1. The minimum atomic E-state index is -0.832. The van der Waals surface area contributed by atoms with E-state index in [0.717, 1.165) is 12.8 Å². The van der Waals surface area contributed by atoms with Gasteiger partial charge < -0.3 is 9.84 Å². The molecule has 0 aliphatic heterocycles. The van der Waals surface area contributed by atoms with Crippen LogP contribution in [0.3, 0.4) is 0 Å². The molecule has 0 aromatic carbocycles. The molecule has 0 aromatic rings. The average Bonchev–Trinajstić information content (AvgIpc) is 2.18. The van der Waals surface area contributed by atoms with Crippen LogP contribution in [0.1, 0.15) is 26.7 Å². The molecule has 1 atom stereocenters. The molecule has 0 saturated heterocycles. The lowest BCUT2D eigenvalue weighted by atomic mass is 10.2. The maximum Gasteiger partial charge on any atom is 0.315 e. The van der Waals surface area contributed by atoms with E-state index in [9.17, 15) is 9.59 Å². The zero-order chi connectivity index (χ0) is 11.7. The molecular weight excluding hydrogens is 216 g/mol. The number of carboxylic acid groups (broad SMARTS) is 1. The van der Waals surface area contributed by atoms with Crippen LogP contribution in [0.5, 0.6) is 0 Å². The van der Waals surface area contributed by atoms with Gasteiger partial charge in [0.05, 0.1) is 18.3 Å². The molecule has 0 amide bonds. The first kappa shape index (κ1) is 14.3. The lowest BCUT2D eigenvalue weighted by Crippen LogP contribution is -2.14. The summed E-state index contributed by atoms with van der Waals surface area (Å²) in [5.74, 6) is -0.828. The molecule has 0 aromatic heterocycles. The van der Waals surface area contributed by atoms with Gasteiger partial charge in [0.15, 0.2) is 0 Å². The van der Waals surface area contributed by atoms with E-state index in [4.69, 9.17) is 9.84 Å². The van der Waals surface area contributed by atoms with Crippen LogP contribution in [0.2, 0.25) is 0 Å². The highest BCUT2D eigenvalue weighted by atomic mass is 32.2. The molecule has 0 rings (SSSR count). The number of carbonyl (C=O) groups is 2. The van der Waals surface area contributed by atoms with Crippen molar-refractivity contribution < 1.29 is 19.4 Å². The van der Waals surface area contributed by atoms with Gasteiger partial charge in [-0.2, -0.15) is 0 Å². The third kappa shape index (κ3) is 8.30. The van der Waals surface area contributed by atoms with Crippen LogP contribution >= 0.6 is 11.8 Å². The van der Waals surface area contributed by atoms with Crippen LogP contribution in [0, 0.1) is 5.92 Å². The van der Waals surface area contributed by atoms with Crippen molar-refractivity contribution >= 4 is 23.7 Å². The Morgan fingerprint density at radius 1 is 1.47 bits per heavy atom. The molecule has 4 nitrogen and oxygen atoms in total. The van der Waals surface area contributed by atoms with Gasteiger partial charge in [0, 0.05) is 5.75 Å². The maximum atomic E-state index is 11.1. The quantitative estimate of drug-likeness (QED) is 0.512. The lowest BCUT2D eigenvalue weighted by Gasteiger charge is -2.06. The highest BCUT2D eigenvalue weighted by Gasteiger charge is 2.11. The van der Waals surface area contributed by atoms with Crippen molar-refractivity contribution in [2.45, 2.75) is 26.7 Å². The van der Waals surface area contributed by atoms with Crippen molar-refractivity contribution in [3.8, 4) is 0 Å². The monoisotopic (exact) mass is 234 g/mol. The molecule has 88 valence electrons. The molecule has 1 unspecified atom stereocenters. The van der Waals surface area contributed by atoms with Crippen LogP contribution < -0.4 is 0 Å². The molecule has 0 heterocycles. The van der Waals surface area contributed by atoms with Gasteiger partial charge in [-0.05, 0) is 6.42 Å². The Balaban J connectivity index is 3.42. The van der Waals surface area contributed by atoms with Crippen molar-refractivity contribution in [2.24, 2.45) is 5.92 Å². The summed E-state index contributed by atoms with van der Waals surface area (Å²) in [5.41, 5.74) is 0. The molecule has 0 spiro atoms. The number of hydrogen-bond donors (Lipinski definition) is 1. The van der Waals surface area contributed by atoms with Crippen LogP contribution in [0.15, 0.2) is 0 Å². The number of aliphatic carboxylic acids is 1. The summed E-state index contributed by atoms with van der Waals surface area (Å²) < 4.78 is 4.92. The topological polar surface area (TPSA) is 63.6 Å². The van der Waals surface area contributed by atoms with Gasteiger partial charge >= 0.3 is 11.9 Å². The Kier molecular flexibility index (Phi) is 8.18. The molecular formula is C10H18O4S. The number of thioether (sulfide) groups is 1. The van der Waals surface area contributed by atoms with Gasteiger partial charge in [0.2, 0.25) is 0 Å². The van der Waals surface area contributed by atoms with Crippen molar-refractivity contribution in [3.05, 3.63) is 0 Å². The summed E-state index contributed by atoms with van der Waals surface area (Å²) in [6.07, 6.45) is 1.87. The van der Waals surface area contributed by atoms with Gasteiger partial charge in [-0.3, -0.25) is 9.59 Å². The van der Waals surface area contributed by atoms with Gasteiger partial charge in [-0.25, -0.2) is 0 Å². The standard InChI is InChI=1S/C10H18O4S/c1-3-4-5-14-9(11)7-15-6-8(2)10(12)13/h8H,3-7H2,1-2H3,(H,12,13). The highest BCUT2D eigenvalue weighted by molar-refractivity contribution is 7.99. The molecule has 0 radical (unpaired) electrons. The van der Waals surface area contributed by atoms with Crippen molar-refractivity contribution in [3.63, 3.8) is 0 Å². The average molecular weight is 234 g/mol. The summed E-state index contributed by atoms with van der Waals surface area (Å²) in [6, 6.07) is 0. The van der Waals surface area contributed by atoms with E-state index >= 15 is 0 Å². The van der Waals surface area contributed by atoms with Crippen molar-refractivity contribution in [1.29, 1.82) is 0 Å². The third-order valence-corrected chi connectivity index (χ3v) is 2.95. The van der Waals surface area contributed by atoms with Crippen LogP contribution in [0.4, 0.5) is 0 Å². The predicted molar refractivity (Wildman–Crippen MR) is 60.0 cm³/mol. The maximum absolute atomic E-state index is 11.1. The van der Waals surface area contributed by atoms with Gasteiger partial charge in [-0.15, -0.1) is 11.8 Å². The molecule has 0 aliphatic rings. The normalized spacial score (nSPS) is 12.1. The largest absolute Gasteiger partial charge is 0.481 e. The Hall–Kier alpha value is -0.710. The Morgan fingerprint density at radius 2 is 2.13 bits per heavy atom. The molecule has 15 heavy (non-hydrogen) atoms. The zero-order valence-electron chi connectivity index (χ0n) is 9.19. The predicted octanol–water partition coefficient (Wildman–Crippen LogP) is 1.78. The van der Waals surface area contributed by atoms with Crippen LogP contribution in [-0.4, -0.2) is 35.2 Å². The Bertz CT molecular complexity index is 206. The van der Waals surface area contributed by atoms with E-state index in [1.54, 1.807) is 6.92 Å². The SMILES string of the molecule is CCCCOC(=O)CSCC(C)C(=O)O. The van der Waals surface area contributed by atoms with E-state index in [0.29, 0.717) is 12.4 Å². The lowest BCUT2D eigenvalue weighted by molar-refractivity contribution is -0.141. The second kappa shape index (κ2) is 8.59. The van der Waals surface area contributed by atoms with Crippen molar-refractivity contribution in [1.82, 2.24) is 0 Å². The number of unbranched alkanes of at least 4 members (excludes halogenated alkanes) is 1. The molecule has 0 aliphatic carbocycles. The zero-order valence-corrected chi connectivity index (χ0v) is 10.0. The summed E-state index contributed by atoms with van der Waals surface area (Å²) in [6.45, 7) is 4.11. The molecule has 0 fully saturated rings. The Labute approximate surface area is 94.4 Å². The van der Waals surface area contributed by atoms with E-state index in [-0.39, 0.29) is 11.7 Å². The smallest absolute Gasteiger partial charge is 0.315 e. The first-order valence-electron chi connectivity index (χ1n) is 5.04. The highest BCUT2D eigenvalue weighted by Crippen LogP contribution is 2.08. The Morgan fingerprint density at radius 3 is 2.67 bits per heavy atom. The first-order valence-corrected chi connectivity index (χ1v) is 6.19. The second-order valence-corrected chi connectivity index (χ2v) is 4.36. The summed E-state index contributed by atoms with van der Waals surface area (Å²) in [4.78, 5) is 21.5. The molecule has 0 bridgehead atoms. The van der Waals surface area contributed by atoms with Crippen LogP contribution in [-0.2, 0) is 14.3 Å². The number of rotatable bonds is 8. The summed E-state index contributed by atoms with van der Waals surface area (Å²) in [5, 5.41) is 8.59. The minimum absolute atomic E-state index is 0.237. The third-order valence-electron chi connectivity index (χ3n) is 1.77. The van der Waals surface area contributed by atoms with Gasteiger partial charge in [-0.1, -0.05) is 20.3 Å². The van der Waals surface area contributed by atoms with Gasteiger partial charge in [0.25, 0.3) is 0 Å². The second-order valence-electron chi connectivity index (χ2n) is 3.33. The fourth-order valence-corrected chi connectivity index (χ4v) is 1.63. The fourth-order valence-electron chi connectivity index (χ4n) is 0.762. The van der Waals surface area contributed by atoms with E-state index in [1.165, 1.54) is 11.8 Å². The number of ether oxygens (including phenoxy) is 1. The molecule has 1 N–H and O–H groups in total. The van der Waals surface area contributed by atoms with Gasteiger partial charge in [0.1, 0.15) is 0 Å². The first-order chi connectivity index (χ1) is 7.07. The van der Waals surface area contributed by atoms with Crippen LogP contribution in [0.25, 0.3) is 0 Å². The summed E-state index contributed by atoms with van der Waals surface area (Å²) >= 11 is 1.30. The number of carboxylic acids is 1. The number of esters is 1. The molecule has 5 heteroatoms. The minimum Gasteiger partial charge on any atom is -0.481 e. The fraction of sp³-hybridized carbons (Fsp3) is 0.800. The van der Waals surface area contributed by atoms with E-state index < -0.39 is 11.9 Å². The van der Waals surface area contributed by atoms with Crippen molar-refractivity contribution in [2.75, 3.05) is 18.1 Å². The molecule has 0 saturated carbocycles.